The third-order valence-electron chi connectivity index (χ3n) is 6.42. The van der Waals surface area contributed by atoms with E-state index in [2.05, 4.69) is 0 Å². The average molecular weight is 556 g/mol. The Morgan fingerprint density at radius 3 is 1.92 bits per heavy atom. The van der Waals surface area contributed by atoms with Crippen LogP contribution >= 0.6 is 0 Å². The van der Waals surface area contributed by atoms with Crippen molar-refractivity contribution in [3.63, 3.8) is 0 Å². The van der Waals surface area contributed by atoms with Gasteiger partial charge in [-0.1, -0.05) is 6.92 Å². The minimum Gasteiger partial charge on any atom is -0.449 e. The van der Waals surface area contributed by atoms with Crippen molar-refractivity contribution in [2.45, 2.75) is 57.2 Å². The van der Waals surface area contributed by atoms with Gasteiger partial charge in [-0.3, -0.25) is 4.90 Å². The Morgan fingerprint density at radius 1 is 0.895 bits per heavy atom. The molecule has 0 aliphatic carbocycles. The molecule has 2 aromatic carbocycles. The van der Waals surface area contributed by atoms with Gasteiger partial charge in [0.25, 0.3) is 0 Å². The van der Waals surface area contributed by atoms with E-state index < -0.39 is 59.0 Å². The van der Waals surface area contributed by atoms with E-state index in [0.29, 0.717) is 18.6 Å². The van der Waals surface area contributed by atoms with Crippen molar-refractivity contribution in [3.8, 4) is 0 Å². The van der Waals surface area contributed by atoms with Gasteiger partial charge in [0, 0.05) is 31.2 Å². The lowest BCUT2D eigenvalue weighted by molar-refractivity contribution is -0.143. The van der Waals surface area contributed by atoms with Gasteiger partial charge in [-0.25, -0.2) is 4.79 Å². The van der Waals surface area contributed by atoms with Gasteiger partial charge >= 0.3 is 24.6 Å². The van der Waals surface area contributed by atoms with Crippen LogP contribution in [0.4, 0.5) is 55.7 Å². The second kappa shape index (κ2) is 10.6. The molecular formula is C25H25F9N2O2. The van der Waals surface area contributed by atoms with Crippen LogP contribution in [0, 0.1) is 0 Å². The Bertz CT molecular complexity index is 1130. The monoisotopic (exact) mass is 556 g/mol. The van der Waals surface area contributed by atoms with Gasteiger partial charge in [-0.15, -0.1) is 0 Å². The number of hydrogen-bond acceptors (Lipinski definition) is 3. The van der Waals surface area contributed by atoms with E-state index in [9.17, 15) is 44.3 Å². The van der Waals surface area contributed by atoms with Crippen LogP contribution in [0.1, 0.15) is 54.9 Å². The highest BCUT2D eigenvalue weighted by Crippen LogP contribution is 2.44. The topological polar surface area (TPSA) is 32.8 Å². The standard InChI is InChI=1S/C25H25F9N2O2/c1-4-18-8-14(13-35(3)19-10-16(24(29,30)31)9-17(11-19)25(32,33)34)20-12-15(23(26,27)28)6-7-21(20)36(18)22(37)38-5-2/h6-7,9-12,14,18H,4-5,8,13H2,1-3H3. The van der Waals surface area contributed by atoms with Crippen molar-refractivity contribution in [1.29, 1.82) is 0 Å². The van der Waals surface area contributed by atoms with Crippen LogP contribution in [0.15, 0.2) is 36.4 Å². The summed E-state index contributed by atoms with van der Waals surface area (Å²) in [5.41, 5.74) is -4.17. The van der Waals surface area contributed by atoms with Crippen LogP contribution in [0.2, 0.25) is 0 Å². The first-order valence-corrected chi connectivity index (χ1v) is 11.6. The van der Waals surface area contributed by atoms with E-state index in [4.69, 9.17) is 4.74 Å². The van der Waals surface area contributed by atoms with E-state index in [-0.39, 0.29) is 36.9 Å². The molecule has 2 aromatic rings. The summed E-state index contributed by atoms with van der Waals surface area (Å²) in [6.45, 7) is 3.12. The van der Waals surface area contributed by atoms with E-state index in [1.165, 1.54) is 11.9 Å². The summed E-state index contributed by atoms with van der Waals surface area (Å²) in [5, 5.41) is 0. The number of fused-ring (bicyclic) bond motifs is 1. The number of likely N-dealkylation sites (N-methyl/N-ethyl adjacent to an activating group) is 1. The zero-order chi connectivity index (χ0) is 28.6. The van der Waals surface area contributed by atoms with Crippen molar-refractivity contribution in [2.75, 3.05) is 30.0 Å². The van der Waals surface area contributed by atoms with Crippen molar-refractivity contribution >= 4 is 17.5 Å². The second-order valence-corrected chi connectivity index (χ2v) is 8.98. The van der Waals surface area contributed by atoms with Crippen molar-refractivity contribution < 1.29 is 49.0 Å². The first-order valence-electron chi connectivity index (χ1n) is 11.6. The van der Waals surface area contributed by atoms with Crippen molar-refractivity contribution in [1.82, 2.24) is 0 Å². The van der Waals surface area contributed by atoms with E-state index >= 15 is 0 Å². The number of carbonyl (C=O) groups is 1. The molecule has 1 aliphatic heterocycles. The molecule has 0 saturated carbocycles. The fourth-order valence-corrected chi connectivity index (χ4v) is 4.59. The molecular weight excluding hydrogens is 531 g/mol. The molecule has 0 N–H and O–H groups in total. The third kappa shape index (κ3) is 6.29. The van der Waals surface area contributed by atoms with Crippen LogP contribution in [-0.2, 0) is 23.3 Å². The summed E-state index contributed by atoms with van der Waals surface area (Å²) in [4.78, 5) is 15.1. The van der Waals surface area contributed by atoms with E-state index in [1.807, 2.05) is 0 Å². The Morgan fingerprint density at radius 2 is 1.45 bits per heavy atom. The first kappa shape index (κ1) is 29.4. The maximum absolute atomic E-state index is 13.5. The molecule has 2 unspecified atom stereocenters. The fraction of sp³-hybridized carbons (Fsp3) is 0.480. The Balaban J connectivity index is 2.09. The molecule has 38 heavy (non-hydrogen) atoms. The number of amides is 1. The third-order valence-corrected chi connectivity index (χ3v) is 6.42. The number of carbonyl (C=O) groups excluding carboxylic acids is 1. The van der Waals surface area contributed by atoms with Gasteiger partial charge in [0.15, 0.2) is 0 Å². The number of anilines is 2. The molecule has 0 saturated heterocycles. The lowest BCUT2D eigenvalue weighted by Gasteiger charge is -2.41. The molecule has 0 spiro atoms. The number of benzene rings is 2. The number of halogens is 9. The van der Waals surface area contributed by atoms with Gasteiger partial charge in [0.2, 0.25) is 0 Å². The average Bonchev–Trinajstić information content (AvgIpc) is 2.81. The smallest absolute Gasteiger partial charge is 0.416 e. The largest absolute Gasteiger partial charge is 0.449 e. The quantitative estimate of drug-likeness (QED) is 0.349. The number of alkyl halides is 9. The molecule has 3 rings (SSSR count). The molecule has 2 atom stereocenters. The van der Waals surface area contributed by atoms with Crippen LogP contribution in [0.25, 0.3) is 0 Å². The maximum atomic E-state index is 13.5. The molecule has 13 heteroatoms. The van der Waals surface area contributed by atoms with E-state index in [0.717, 1.165) is 23.1 Å². The van der Waals surface area contributed by atoms with E-state index in [1.54, 1.807) is 13.8 Å². The van der Waals surface area contributed by atoms with Gasteiger partial charge in [0.05, 0.1) is 29.0 Å². The minimum absolute atomic E-state index is 0.00713. The lowest BCUT2D eigenvalue weighted by atomic mass is 9.83. The molecule has 210 valence electrons. The minimum atomic E-state index is -5.05. The maximum Gasteiger partial charge on any atom is 0.416 e. The van der Waals surface area contributed by atoms with Crippen LogP contribution in [0.3, 0.4) is 0 Å². The normalized spacial score (nSPS) is 18.3. The second-order valence-electron chi connectivity index (χ2n) is 8.98. The van der Waals surface area contributed by atoms with Crippen molar-refractivity contribution in [2.24, 2.45) is 0 Å². The first-order chi connectivity index (χ1) is 17.5. The van der Waals surface area contributed by atoms with Crippen molar-refractivity contribution in [3.05, 3.63) is 58.7 Å². The molecule has 0 bridgehead atoms. The Labute approximate surface area is 213 Å². The zero-order valence-electron chi connectivity index (χ0n) is 20.6. The SMILES string of the molecule is CCOC(=O)N1c2ccc(C(F)(F)F)cc2C(CN(C)c2cc(C(F)(F)F)cc(C(F)(F)F)c2)CC1CC. The molecule has 1 heterocycles. The van der Waals surface area contributed by atoms with Gasteiger partial charge in [0.1, 0.15) is 0 Å². The number of hydrogen-bond donors (Lipinski definition) is 0. The van der Waals surface area contributed by atoms with Gasteiger partial charge < -0.3 is 9.64 Å². The number of rotatable bonds is 5. The number of ether oxygens (including phenoxy) is 1. The van der Waals surface area contributed by atoms with Crippen LogP contribution < -0.4 is 9.80 Å². The highest BCUT2D eigenvalue weighted by molar-refractivity contribution is 5.90. The van der Waals surface area contributed by atoms with Gasteiger partial charge in [-0.05, 0) is 61.7 Å². The molecule has 0 aromatic heterocycles. The molecule has 4 nitrogen and oxygen atoms in total. The molecule has 1 amide bonds. The summed E-state index contributed by atoms with van der Waals surface area (Å²) >= 11 is 0. The Hall–Kier alpha value is -3.12. The summed E-state index contributed by atoms with van der Waals surface area (Å²) in [6, 6.07) is 3.42. The number of nitrogens with zero attached hydrogens (tertiary/aromatic N) is 2. The highest BCUT2D eigenvalue weighted by atomic mass is 19.4. The Kier molecular flexibility index (Phi) is 8.18. The summed E-state index contributed by atoms with van der Waals surface area (Å²) in [6.07, 6.45) is -15.1. The predicted octanol–water partition coefficient (Wildman–Crippen LogP) is 8.11. The summed E-state index contributed by atoms with van der Waals surface area (Å²) in [5.74, 6) is -0.753. The highest BCUT2D eigenvalue weighted by Gasteiger charge is 2.40. The summed E-state index contributed by atoms with van der Waals surface area (Å²) < 4.78 is 126. The predicted molar refractivity (Wildman–Crippen MR) is 122 cm³/mol. The molecule has 1 aliphatic rings. The summed E-state index contributed by atoms with van der Waals surface area (Å²) in [7, 11) is 1.27. The van der Waals surface area contributed by atoms with Crippen LogP contribution in [0.5, 0.6) is 0 Å². The lowest BCUT2D eigenvalue weighted by Crippen LogP contribution is -2.46. The fourth-order valence-electron chi connectivity index (χ4n) is 4.59. The zero-order valence-corrected chi connectivity index (χ0v) is 20.6. The molecule has 0 radical (unpaired) electrons. The van der Waals surface area contributed by atoms with Gasteiger partial charge in [-0.2, -0.15) is 39.5 Å². The molecule has 0 fully saturated rings. The van der Waals surface area contributed by atoms with Crippen LogP contribution in [-0.4, -0.2) is 32.3 Å².